The van der Waals surface area contributed by atoms with Crippen molar-refractivity contribution in [1.82, 2.24) is 0 Å². The third kappa shape index (κ3) is 5.77. The van der Waals surface area contributed by atoms with E-state index in [1.165, 1.54) is 18.2 Å². The summed E-state index contributed by atoms with van der Waals surface area (Å²) in [6, 6.07) is 0. The van der Waals surface area contributed by atoms with E-state index < -0.39 is 11.4 Å². The first-order chi connectivity index (χ1) is 9.02. The van der Waals surface area contributed by atoms with E-state index in [9.17, 15) is 9.66 Å². The third-order valence-electron chi connectivity index (χ3n) is 2.60. The first kappa shape index (κ1) is 15.5. The monoisotopic (exact) mass is 277 g/mol. The summed E-state index contributed by atoms with van der Waals surface area (Å²) in [7, 11) is 0. The van der Waals surface area contributed by atoms with Gasteiger partial charge in [-0.1, -0.05) is 29.5 Å². The zero-order valence-corrected chi connectivity index (χ0v) is 12.1. The molecule has 0 heterocycles. The number of aliphatic hydroxyl groups excluding tert-OH is 1. The van der Waals surface area contributed by atoms with Crippen molar-refractivity contribution >= 4 is 17.6 Å². The SMILES string of the molecule is C=C(/C=C\C(O)=C/C)[S+]([O-])N=CC1=CCC(C)C=C1. The topological polar surface area (TPSA) is 55.6 Å². The molecule has 0 saturated carbocycles. The van der Waals surface area contributed by atoms with Crippen LogP contribution in [0.5, 0.6) is 0 Å². The highest BCUT2D eigenvalue weighted by molar-refractivity contribution is 7.94. The maximum absolute atomic E-state index is 11.8. The lowest BCUT2D eigenvalue weighted by molar-refractivity contribution is 0.431. The van der Waals surface area contributed by atoms with Gasteiger partial charge < -0.3 is 9.66 Å². The molecule has 0 aromatic carbocycles. The minimum absolute atomic E-state index is 0.106. The molecule has 1 rings (SSSR count). The Labute approximate surface area is 117 Å². The molecule has 0 bridgehead atoms. The zero-order chi connectivity index (χ0) is 14.3. The van der Waals surface area contributed by atoms with Gasteiger partial charge in [-0.25, -0.2) is 0 Å². The predicted molar refractivity (Wildman–Crippen MR) is 82.3 cm³/mol. The average molecular weight is 277 g/mol. The third-order valence-corrected chi connectivity index (χ3v) is 3.48. The molecule has 1 aliphatic rings. The summed E-state index contributed by atoms with van der Waals surface area (Å²) in [5.74, 6) is 0.651. The van der Waals surface area contributed by atoms with E-state index in [0.29, 0.717) is 10.8 Å². The van der Waals surface area contributed by atoms with E-state index in [2.05, 4.69) is 30.1 Å². The molecule has 0 aromatic heterocycles. The van der Waals surface area contributed by atoms with Crippen LogP contribution in [0.15, 0.2) is 63.7 Å². The average Bonchev–Trinajstić information content (AvgIpc) is 2.43. The standard InChI is InChI=1S/C15H19NO2S/c1-4-15(17)10-7-13(3)19(18)16-11-14-8-5-12(2)6-9-14/h4-5,7-12,17H,3,6H2,1-2H3/b10-7-,15-4+,16-11?. The van der Waals surface area contributed by atoms with Gasteiger partial charge in [0.05, 0.1) is 6.21 Å². The molecule has 0 aliphatic heterocycles. The first-order valence-electron chi connectivity index (χ1n) is 6.09. The van der Waals surface area contributed by atoms with Crippen molar-refractivity contribution in [1.29, 1.82) is 0 Å². The molecule has 2 atom stereocenters. The van der Waals surface area contributed by atoms with Gasteiger partial charge in [-0.15, -0.1) is 0 Å². The molecule has 19 heavy (non-hydrogen) atoms. The summed E-state index contributed by atoms with van der Waals surface area (Å²) in [4.78, 5) is 0.346. The molecule has 0 aromatic rings. The fourth-order valence-electron chi connectivity index (χ4n) is 1.35. The predicted octanol–water partition coefficient (Wildman–Crippen LogP) is 3.78. The molecule has 0 amide bonds. The van der Waals surface area contributed by atoms with E-state index in [1.807, 2.05) is 6.08 Å². The summed E-state index contributed by atoms with van der Waals surface area (Å²) >= 11 is -1.52. The maximum Gasteiger partial charge on any atom is 0.175 e. The Morgan fingerprint density at radius 3 is 2.89 bits per heavy atom. The molecule has 102 valence electrons. The second-order valence-corrected chi connectivity index (χ2v) is 5.51. The lowest BCUT2D eigenvalue weighted by Gasteiger charge is -2.08. The number of hydrogen-bond donors (Lipinski definition) is 1. The van der Waals surface area contributed by atoms with E-state index in [1.54, 1.807) is 13.1 Å². The molecule has 0 spiro atoms. The van der Waals surface area contributed by atoms with Crippen LogP contribution in [0.4, 0.5) is 0 Å². The van der Waals surface area contributed by atoms with Crippen LogP contribution in [-0.4, -0.2) is 15.9 Å². The van der Waals surface area contributed by atoms with Gasteiger partial charge in [-0.3, -0.25) is 0 Å². The van der Waals surface area contributed by atoms with Crippen molar-refractivity contribution in [2.24, 2.45) is 10.3 Å². The van der Waals surface area contributed by atoms with Gasteiger partial charge in [0.2, 0.25) is 0 Å². The molecule has 3 nitrogen and oxygen atoms in total. The lowest BCUT2D eigenvalue weighted by atomic mass is 9.99. The first-order valence-corrected chi connectivity index (χ1v) is 7.20. The number of hydrogen-bond acceptors (Lipinski definition) is 3. The van der Waals surface area contributed by atoms with Crippen molar-refractivity contribution in [3.63, 3.8) is 0 Å². The molecule has 4 heteroatoms. The molecule has 0 fully saturated rings. The highest BCUT2D eigenvalue weighted by atomic mass is 32.2. The Bertz CT molecular complexity index is 473. The second-order valence-electron chi connectivity index (χ2n) is 4.27. The zero-order valence-electron chi connectivity index (χ0n) is 11.2. The highest BCUT2D eigenvalue weighted by Gasteiger charge is 2.08. The Morgan fingerprint density at radius 2 is 2.32 bits per heavy atom. The Morgan fingerprint density at radius 1 is 1.58 bits per heavy atom. The Hall–Kier alpha value is -1.52. The summed E-state index contributed by atoms with van der Waals surface area (Å²) in [6.07, 6.45) is 13.2. The molecule has 0 saturated heterocycles. The second kappa shape index (κ2) is 7.81. The van der Waals surface area contributed by atoms with E-state index >= 15 is 0 Å². The van der Waals surface area contributed by atoms with Crippen LogP contribution in [0.25, 0.3) is 0 Å². The summed E-state index contributed by atoms with van der Waals surface area (Å²) in [6.45, 7) is 7.51. The minimum atomic E-state index is -1.52. The number of aliphatic hydroxyl groups is 1. The van der Waals surface area contributed by atoms with Crippen LogP contribution < -0.4 is 0 Å². The molecule has 0 radical (unpaired) electrons. The normalized spacial score (nSPS) is 21.9. The van der Waals surface area contributed by atoms with Gasteiger partial charge in [-0.05, 0) is 49.6 Å². The van der Waals surface area contributed by atoms with Gasteiger partial charge in [0.25, 0.3) is 0 Å². The van der Waals surface area contributed by atoms with Crippen LogP contribution in [0.1, 0.15) is 20.3 Å². The van der Waals surface area contributed by atoms with Crippen molar-refractivity contribution in [3.05, 3.63) is 59.3 Å². The summed E-state index contributed by atoms with van der Waals surface area (Å²) in [5, 5.41) is 9.22. The maximum atomic E-state index is 11.8. The largest absolute Gasteiger partial charge is 0.586 e. The Balaban J connectivity index is 2.55. The van der Waals surface area contributed by atoms with Crippen LogP contribution in [-0.2, 0) is 11.4 Å². The smallest absolute Gasteiger partial charge is 0.175 e. The quantitative estimate of drug-likeness (QED) is 0.360. The van der Waals surface area contributed by atoms with E-state index in [4.69, 9.17) is 0 Å². The van der Waals surface area contributed by atoms with E-state index in [0.717, 1.165) is 12.0 Å². The molecule has 1 aliphatic carbocycles. The van der Waals surface area contributed by atoms with Crippen molar-refractivity contribution in [2.75, 3.05) is 0 Å². The molecular weight excluding hydrogens is 258 g/mol. The van der Waals surface area contributed by atoms with Crippen LogP contribution >= 0.6 is 0 Å². The van der Waals surface area contributed by atoms with Crippen molar-refractivity contribution in [3.8, 4) is 0 Å². The molecular formula is C15H19NO2S. The van der Waals surface area contributed by atoms with Crippen molar-refractivity contribution in [2.45, 2.75) is 20.3 Å². The minimum Gasteiger partial charge on any atom is -0.586 e. The van der Waals surface area contributed by atoms with Crippen LogP contribution in [0, 0.1) is 5.92 Å². The molecule has 2 unspecified atom stereocenters. The Kier molecular flexibility index (Phi) is 6.39. The number of nitrogens with zero attached hydrogens (tertiary/aromatic N) is 1. The van der Waals surface area contributed by atoms with Crippen LogP contribution in [0.2, 0.25) is 0 Å². The van der Waals surface area contributed by atoms with Crippen molar-refractivity contribution < 1.29 is 9.66 Å². The highest BCUT2D eigenvalue weighted by Crippen LogP contribution is 2.15. The van der Waals surface area contributed by atoms with Gasteiger partial charge in [-0.2, -0.15) is 0 Å². The fraction of sp³-hybridized carbons (Fsp3) is 0.267. The summed E-state index contributed by atoms with van der Waals surface area (Å²) < 4.78 is 15.7. The molecule has 1 N–H and O–H groups in total. The van der Waals surface area contributed by atoms with E-state index in [-0.39, 0.29) is 5.76 Å². The number of allylic oxidation sites excluding steroid dienone is 7. The number of rotatable bonds is 5. The van der Waals surface area contributed by atoms with Crippen LogP contribution in [0.3, 0.4) is 0 Å². The lowest BCUT2D eigenvalue weighted by Crippen LogP contribution is -2.00. The summed E-state index contributed by atoms with van der Waals surface area (Å²) in [5.41, 5.74) is 0.958. The van der Waals surface area contributed by atoms with Gasteiger partial charge >= 0.3 is 0 Å². The van der Waals surface area contributed by atoms with Gasteiger partial charge in [0, 0.05) is 0 Å². The fourth-order valence-corrected chi connectivity index (χ4v) is 1.89. The van der Waals surface area contributed by atoms with Gasteiger partial charge in [0.1, 0.15) is 17.1 Å². The van der Waals surface area contributed by atoms with Gasteiger partial charge in [0.15, 0.2) is 4.91 Å².